The minimum absolute atomic E-state index is 0.101. The Hall–Kier alpha value is -6.98. The zero-order chi connectivity index (χ0) is 85.1. The molecule has 0 aliphatic carbocycles. The summed E-state index contributed by atoms with van der Waals surface area (Å²) < 4.78 is 15.2. The molecule has 0 saturated carbocycles. The van der Waals surface area contributed by atoms with Gasteiger partial charge in [-0.15, -0.1) is 34.0 Å². The van der Waals surface area contributed by atoms with Gasteiger partial charge in [0.15, 0.2) is 0 Å². The van der Waals surface area contributed by atoms with Crippen molar-refractivity contribution in [2.24, 2.45) is 0 Å². The van der Waals surface area contributed by atoms with E-state index in [0.717, 1.165) is 202 Å². The fourth-order valence-corrected chi connectivity index (χ4v) is 17.4. The van der Waals surface area contributed by atoms with Gasteiger partial charge < -0.3 is 100 Å². The zero-order valence-corrected chi connectivity index (χ0v) is 70.3. The van der Waals surface area contributed by atoms with Gasteiger partial charge in [0.25, 0.3) is 0 Å². The smallest absolute Gasteiger partial charge is 0.348 e. The summed E-state index contributed by atoms with van der Waals surface area (Å²) in [6, 6.07) is 34.0. The Morgan fingerprint density at radius 1 is 0.359 bits per heavy atom. The molecular weight excluding hydrogens is 1560 g/mol. The van der Waals surface area contributed by atoms with Crippen LogP contribution in [-0.2, 0) is 47.9 Å². The van der Waals surface area contributed by atoms with Crippen molar-refractivity contribution in [3.63, 3.8) is 0 Å². The van der Waals surface area contributed by atoms with E-state index in [1.165, 1.54) is 34.0 Å². The first-order valence-electron chi connectivity index (χ1n) is 41.7. The molecule has 3 aliphatic heterocycles. The monoisotopic (exact) mass is 1690 g/mol. The Labute approximate surface area is 699 Å². The molecule has 648 valence electrons. The second kappa shape index (κ2) is 50.9. The number of anilines is 3. The quantitative estimate of drug-likeness (QED) is 0.00958. The molecule has 0 spiro atoms. The lowest BCUT2D eigenvalue weighted by Crippen LogP contribution is -2.42. The number of unbranched alkanes of at least 4 members (excludes halogenated alkanes) is 6. The van der Waals surface area contributed by atoms with Crippen molar-refractivity contribution in [1.82, 2.24) is 0 Å². The predicted octanol–water partition coefficient (Wildman–Crippen LogP) is 10.8. The van der Waals surface area contributed by atoms with E-state index in [-0.39, 0.29) is 42.3 Å². The Morgan fingerprint density at radius 2 is 0.624 bits per heavy atom. The summed E-state index contributed by atoms with van der Waals surface area (Å²) >= 11 is 3.91. The summed E-state index contributed by atoms with van der Waals surface area (Å²) in [4.78, 5) is 84.7. The van der Waals surface area contributed by atoms with Crippen LogP contribution < -0.4 is 14.7 Å². The van der Waals surface area contributed by atoms with Crippen LogP contribution in [0.3, 0.4) is 0 Å². The molecule has 6 aromatic rings. The van der Waals surface area contributed by atoms with E-state index >= 15 is 0 Å². The minimum Gasteiger partial charge on any atom is -0.459 e. The molecule has 0 radical (unpaired) electrons. The molecule has 9 rings (SSSR count). The number of aryl methyl sites for hydroxylation is 3. The number of thiophene rings is 3. The van der Waals surface area contributed by atoms with Gasteiger partial charge in [-0.25, -0.2) is 14.4 Å². The standard InChI is InChI=1S/C30H43NO7S.2C29H41NO8S/c1-3-5-6-10-25(33)20-11-13-22(14-12-20)31-21(15-18-28(31)35)8-7-9-23-16-17-27(39-23)30(37)38-19-26(34)29(36)24(32)4-2;2*1-2-3-4-8-23(32)19-9-11-21(12-10-19)30-20(13-16-27(30)35)6-5-7-22-14-15-26(39-22)29(37)38-18-25(34)28(36)24(33)17-31/h11-14,16-17,21,24-26,29,32-34,36H,3-10,15,18-19H2,1-2H3;2*9-12,14-15,20,23-25,28,31-34,36H,2-8,13,16-18H2,1H3/t21-,24+,25-,26-,29-;20-,23-,24+,25-,28+;20-,23-,24-,25-,28-/m000/s1. The summed E-state index contributed by atoms with van der Waals surface area (Å²) in [6.07, 6.45) is 8.75. The van der Waals surface area contributed by atoms with E-state index in [2.05, 4.69) is 20.8 Å². The molecule has 3 aliphatic rings. The van der Waals surface area contributed by atoms with Gasteiger partial charge in [0.2, 0.25) is 17.7 Å². The SMILES string of the molecule is CCCCC[C@H](O)c1ccc(N2C(=O)CC[C@@H]2CCCc2ccc(C(=O)OC[C@H](O)[C@@H](O)[C@@H](O)CO)s2)cc1.CCCCC[C@H](O)c1ccc(N2C(=O)CC[C@@H]2CCCc2ccc(C(=O)OC[C@H](O)[C@@H](O)[C@H](O)CC)s2)cc1.CCCCC[C@H](O)c1ccc(N2C(=O)CC[C@@H]2CCCc2ccc(C(=O)OC[C@H](O)[C@H](O)[C@H](O)CO)s2)cc1. The van der Waals surface area contributed by atoms with Crippen molar-refractivity contribution in [3.05, 3.63) is 155 Å². The van der Waals surface area contributed by atoms with Crippen molar-refractivity contribution in [2.45, 2.75) is 299 Å². The number of amides is 3. The Balaban J connectivity index is 0.000000242. The average molecular weight is 1690 g/mol. The van der Waals surface area contributed by atoms with Crippen LogP contribution in [0, 0.1) is 0 Å². The summed E-state index contributed by atoms with van der Waals surface area (Å²) in [5.41, 5.74) is 5.21. The van der Waals surface area contributed by atoms with Gasteiger partial charge in [-0.05, 0) is 192 Å². The largest absolute Gasteiger partial charge is 0.459 e. The molecule has 3 saturated heterocycles. The second-order valence-electron chi connectivity index (χ2n) is 30.6. The minimum atomic E-state index is -1.62. The summed E-state index contributed by atoms with van der Waals surface area (Å²) in [5.74, 6) is -1.51. The summed E-state index contributed by atoms with van der Waals surface area (Å²) in [7, 11) is 0. The van der Waals surface area contributed by atoms with Gasteiger partial charge in [0.05, 0.1) is 37.6 Å². The van der Waals surface area contributed by atoms with Gasteiger partial charge >= 0.3 is 17.9 Å². The highest BCUT2D eigenvalue weighted by Gasteiger charge is 2.36. The number of aliphatic hydroxyl groups is 14. The van der Waals surface area contributed by atoms with Crippen molar-refractivity contribution < 1.29 is 114 Å². The number of rotatable bonds is 48. The molecule has 3 aromatic carbocycles. The first-order valence-corrected chi connectivity index (χ1v) is 44.1. The van der Waals surface area contributed by atoms with Crippen molar-refractivity contribution in [1.29, 1.82) is 0 Å². The maximum absolute atomic E-state index is 12.7. The van der Waals surface area contributed by atoms with E-state index in [1.54, 1.807) is 25.1 Å². The fraction of sp³-hybridized carbons (Fsp3) is 0.591. The normalized spacial score (nSPS) is 18.7. The number of nitrogens with zero attached hydrogens (tertiary/aromatic N) is 3. The summed E-state index contributed by atoms with van der Waals surface area (Å²) in [5, 5.41) is 136. The lowest BCUT2D eigenvalue weighted by atomic mass is 10.0. The first kappa shape index (κ1) is 97.1. The van der Waals surface area contributed by atoms with Gasteiger partial charge in [-0.1, -0.05) is 122 Å². The van der Waals surface area contributed by atoms with E-state index in [4.69, 9.17) is 24.4 Å². The van der Waals surface area contributed by atoms with Gasteiger partial charge in [0, 0.05) is 69.1 Å². The second-order valence-corrected chi connectivity index (χ2v) is 34.1. The number of carbonyl (C=O) groups is 6. The number of esters is 3. The number of aliphatic hydroxyl groups excluding tert-OH is 14. The van der Waals surface area contributed by atoms with Gasteiger partial charge in [-0.3, -0.25) is 14.4 Å². The van der Waals surface area contributed by atoms with Crippen LogP contribution >= 0.6 is 34.0 Å². The van der Waals surface area contributed by atoms with Crippen LogP contribution in [0.25, 0.3) is 0 Å². The van der Waals surface area contributed by atoms with Crippen LogP contribution in [0.1, 0.15) is 267 Å². The lowest BCUT2D eigenvalue weighted by molar-refractivity contribution is -0.118. The first-order chi connectivity index (χ1) is 56.2. The van der Waals surface area contributed by atoms with Crippen LogP contribution in [0.15, 0.2) is 109 Å². The number of hydrogen-bond donors (Lipinski definition) is 14. The van der Waals surface area contributed by atoms with Gasteiger partial charge in [-0.2, -0.15) is 0 Å². The number of ether oxygens (including phenoxy) is 3. The molecule has 6 heterocycles. The number of carbonyl (C=O) groups excluding carboxylic acids is 6. The topological polar surface area (TPSA) is 423 Å². The molecule has 3 amide bonds. The van der Waals surface area contributed by atoms with E-state index in [9.17, 15) is 90.0 Å². The average Bonchev–Trinajstić information content (AvgIpc) is 1.71. The Morgan fingerprint density at radius 3 is 0.872 bits per heavy atom. The van der Waals surface area contributed by atoms with E-state index < -0.39 is 124 Å². The molecule has 3 fully saturated rings. The molecule has 15 atom stereocenters. The molecule has 0 bridgehead atoms. The predicted molar refractivity (Wildman–Crippen MR) is 449 cm³/mol. The summed E-state index contributed by atoms with van der Waals surface area (Å²) in [6.45, 7) is 5.25. The molecule has 0 unspecified atom stereocenters. The van der Waals surface area contributed by atoms with Crippen LogP contribution in [0.4, 0.5) is 17.1 Å². The van der Waals surface area contributed by atoms with Crippen LogP contribution in [0.5, 0.6) is 0 Å². The third-order valence-electron chi connectivity index (χ3n) is 21.7. The van der Waals surface area contributed by atoms with E-state index in [1.807, 2.05) is 106 Å². The number of hydrogen-bond acceptors (Lipinski definition) is 26. The highest BCUT2D eigenvalue weighted by atomic mass is 32.1. The Kier molecular flexibility index (Phi) is 42.3. The molecule has 117 heavy (non-hydrogen) atoms. The molecule has 3 aromatic heterocycles. The van der Waals surface area contributed by atoms with Gasteiger partial charge in [0.1, 0.15) is 83.3 Å². The van der Waals surface area contributed by atoms with Crippen LogP contribution in [0.2, 0.25) is 0 Å². The molecule has 29 heteroatoms. The fourth-order valence-electron chi connectivity index (χ4n) is 14.6. The molecule has 26 nitrogen and oxygen atoms in total. The Bertz CT molecular complexity index is 3520. The third kappa shape index (κ3) is 30.3. The lowest BCUT2D eigenvalue weighted by Gasteiger charge is -2.25. The third-order valence-corrected chi connectivity index (χ3v) is 25.0. The molecular formula is C88H125N3O23S3. The van der Waals surface area contributed by atoms with Crippen molar-refractivity contribution in [3.8, 4) is 0 Å². The van der Waals surface area contributed by atoms with Crippen LogP contribution in [-0.4, -0.2) is 213 Å². The maximum atomic E-state index is 12.7. The molecule has 14 N–H and O–H groups in total. The highest BCUT2D eigenvalue weighted by molar-refractivity contribution is 7.14. The van der Waals surface area contributed by atoms with Crippen molar-refractivity contribution >= 4 is 86.7 Å². The maximum Gasteiger partial charge on any atom is 0.348 e. The van der Waals surface area contributed by atoms with E-state index in [0.29, 0.717) is 33.9 Å². The van der Waals surface area contributed by atoms with Crippen molar-refractivity contribution in [2.75, 3.05) is 47.7 Å². The number of benzene rings is 3. The zero-order valence-electron chi connectivity index (χ0n) is 67.9. The highest BCUT2D eigenvalue weighted by Crippen LogP contribution is 2.37.